The zero-order valence-electron chi connectivity index (χ0n) is 12.3. The highest BCUT2D eigenvalue weighted by molar-refractivity contribution is 5.90. The van der Waals surface area contributed by atoms with E-state index in [1.807, 2.05) is 0 Å². The lowest BCUT2D eigenvalue weighted by atomic mass is 9.91. The van der Waals surface area contributed by atoms with Crippen molar-refractivity contribution in [2.24, 2.45) is 5.41 Å². The van der Waals surface area contributed by atoms with Crippen molar-refractivity contribution in [1.29, 1.82) is 0 Å². The predicted octanol–water partition coefficient (Wildman–Crippen LogP) is 2.38. The topological polar surface area (TPSA) is 95.7 Å². The number of nitro benzene ring substituents is 1. The molecule has 0 spiro atoms. The monoisotopic (exact) mass is 295 g/mol. The molecule has 0 fully saturated rings. The summed E-state index contributed by atoms with van der Waals surface area (Å²) in [7, 11) is 1.18. The average molecular weight is 295 g/mol. The van der Waals surface area contributed by atoms with Crippen LogP contribution in [0.15, 0.2) is 18.2 Å². The summed E-state index contributed by atoms with van der Waals surface area (Å²) in [5, 5.41) is 11.0. The molecule has 0 saturated carbocycles. The lowest BCUT2D eigenvalue weighted by Gasteiger charge is -2.16. The zero-order valence-corrected chi connectivity index (χ0v) is 12.3. The van der Waals surface area contributed by atoms with Crippen LogP contribution in [0.1, 0.15) is 31.1 Å². The summed E-state index contributed by atoms with van der Waals surface area (Å²) >= 11 is 0. The summed E-state index contributed by atoms with van der Waals surface area (Å²) < 4.78 is 9.71. The average Bonchev–Trinajstić information content (AvgIpc) is 2.42. The molecule has 1 aromatic carbocycles. The molecule has 1 aromatic rings. The molecule has 0 aliphatic carbocycles. The van der Waals surface area contributed by atoms with Crippen molar-refractivity contribution in [3.8, 4) is 5.75 Å². The fourth-order valence-corrected chi connectivity index (χ4v) is 1.39. The molecule has 0 saturated heterocycles. The van der Waals surface area contributed by atoms with E-state index in [2.05, 4.69) is 4.74 Å². The van der Waals surface area contributed by atoms with Crippen LogP contribution in [0.4, 0.5) is 5.69 Å². The number of hydrogen-bond donors (Lipinski definition) is 0. The SMILES string of the molecule is COC(=O)c1ccc(OCC(=O)C(C)(C)C)c([N+](=O)[O-])c1. The third-order valence-electron chi connectivity index (χ3n) is 2.77. The van der Waals surface area contributed by atoms with Crippen molar-refractivity contribution in [2.45, 2.75) is 20.8 Å². The van der Waals surface area contributed by atoms with Crippen LogP contribution >= 0.6 is 0 Å². The highest BCUT2D eigenvalue weighted by atomic mass is 16.6. The van der Waals surface area contributed by atoms with Crippen LogP contribution in [0, 0.1) is 15.5 Å². The van der Waals surface area contributed by atoms with Gasteiger partial charge in [0.15, 0.2) is 11.5 Å². The number of carbonyl (C=O) groups excluding carboxylic acids is 2. The molecule has 0 heterocycles. The van der Waals surface area contributed by atoms with E-state index in [9.17, 15) is 19.7 Å². The molecule has 0 amide bonds. The minimum atomic E-state index is -0.685. The standard InChI is InChI=1S/C14H17NO6/c1-14(2,3)12(16)8-21-11-6-5-9(13(17)20-4)7-10(11)15(18)19/h5-7H,8H2,1-4H3. The van der Waals surface area contributed by atoms with E-state index in [1.165, 1.54) is 19.2 Å². The largest absolute Gasteiger partial charge is 0.479 e. The van der Waals surface area contributed by atoms with E-state index < -0.39 is 16.3 Å². The second kappa shape index (κ2) is 6.34. The first-order valence-corrected chi connectivity index (χ1v) is 6.19. The summed E-state index contributed by atoms with van der Waals surface area (Å²) in [5.74, 6) is -0.936. The van der Waals surface area contributed by atoms with Gasteiger partial charge in [0.1, 0.15) is 6.61 Å². The van der Waals surface area contributed by atoms with Gasteiger partial charge in [-0.1, -0.05) is 20.8 Å². The van der Waals surface area contributed by atoms with Crippen LogP contribution < -0.4 is 4.74 Å². The van der Waals surface area contributed by atoms with E-state index in [0.717, 1.165) is 6.07 Å². The van der Waals surface area contributed by atoms with Gasteiger partial charge >= 0.3 is 11.7 Å². The number of methoxy groups -OCH3 is 1. The molecule has 0 unspecified atom stereocenters. The Bertz CT molecular complexity index is 573. The summed E-state index contributed by atoms with van der Waals surface area (Å²) in [6.45, 7) is 4.91. The van der Waals surface area contributed by atoms with Gasteiger partial charge in [0.05, 0.1) is 17.6 Å². The van der Waals surface area contributed by atoms with Crippen molar-refractivity contribution in [3.05, 3.63) is 33.9 Å². The normalized spacial score (nSPS) is 10.9. The number of rotatable bonds is 5. The number of nitrogens with zero attached hydrogens (tertiary/aromatic N) is 1. The number of ketones is 1. The van der Waals surface area contributed by atoms with Crippen LogP contribution in [0.5, 0.6) is 5.75 Å². The number of esters is 1. The van der Waals surface area contributed by atoms with Gasteiger partial charge in [-0.2, -0.15) is 0 Å². The molecule has 1 rings (SSSR count). The molecule has 7 heteroatoms. The second-order valence-electron chi connectivity index (χ2n) is 5.39. The summed E-state index contributed by atoms with van der Waals surface area (Å²) in [5.41, 5.74) is -0.945. The molecular formula is C14H17NO6. The van der Waals surface area contributed by atoms with E-state index in [0.29, 0.717) is 0 Å². The van der Waals surface area contributed by atoms with Crippen molar-refractivity contribution in [2.75, 3.05) is 13.7 Å². The highest BCUT2D eigenvalue weighted by Gasteiger charge is 2.24. The first-order chi connectivity index (χ1) is 9.66. The second-order valence-corrected chi connectivity index (χ2v) is 5.39. The van der Waals surface area contributed by atoms with Gasteiger partial charge < -0.3 is 9.47 Å². The van der Waals surface area contributed by atoms with E-state index >= 15 is 0 Å². The quantitative estimate of drug-likeness (QED) is 0.470. The number of ether oxygens (including phenoxy) is 2. The first-order valence-electron chi connectivity index (χ1n) is 6.19. The number of nitro groups is 1. The number of Topliss-reactive ketones (excluding diaryl/α,β-unsaturated/α-hetero) is 1. The van der Waals surface area contributed by atoms with Gasteiger partial charge in [-0.15, -0.1) is 0 Å². The minimum absolute atomic E-state index is 0.0405. The lowest BCUT2D eigenvalue weighted by Crippen LogP contribution is -2.26. The van der Waals surface area contributed by atoms with Gasteiger partial charge in [-0.3, -0.25) is 14.9 Å². The Labute approximate surface area is 122 Å². The van der Waals surface area contributed by atoms with Crippen molar-refractivity contribution < 1.29 is 24.0 Å². The smallest absolute Gasteiger partial charge is 0.338 e. The molecule has 114 valence electrons. The third kappa shape index (κ3) is 4.27. The van der Waals surface area contributed by atoms with Gasteiger partial charge in [0.2, 0.25) is 0 Å². The molecule has 0 N–H and O–H groups in total. The Balaban J connectivity index is 3.00. The zero-order chi connectivity index (χ0) is 16.2. The number of benzene rings is 1. The molecular weight excluding hydrogens is 278 g/mol. The molecule has 0 aromatic heterocycles. The molecule has 0 aliphatic heterocycles. The molecule has 0 atom stereocenters. The lowest BCUT2D eigenvalue weighted by molar-refractivity contribution is -0.385. The Morgan fingerprint density at radius 1 is 1.29 bits per heavy atom. The molecule has 0 aliphatic rings. The van der Waals surface area contributed by atoms with Gasteiger partial charge in [-0.05, 0) is 12.1 Å². The van der Waals surface area contributed by atoms with Gasteiger partial charge in [-0.25, -0.2) is 4.79 Å². The van der Waals surface area contributed by atoms with Crippen LogP contribution in [-0.2, 0) is 9.53 Å². The Morgan fingerprint density at radius 2 is 1.90 bits per heavy atom. The van der Waals surface area contributed by atoms with Gasteiger partial charge in [0, 0.05) is 11.5 Å². The summed E-state index contributed by atoms with van der Waals surface area (Å²) in [6.07, 6.45) is 0. The van der Waals surface area contributed by atoms with Gasteiger partial charge in [0.25, 0.3) is 0 Å². The van der Waals surface area contributed by atoms with E-state index in [1.54, 1.807) is 20.8 Å². The molecule has 0 bridgehead atoms. The minimum Gasteiger partial charge on any atom is -0.479 e. The number of carbonyl (C=O) groups is 2. The van der Waals surface area contributed by atoms with Crippen LogP contribution in [0.25, 0.3) is 0 Å². The third-order valence-corrected chi connectivity index (χ3v) is 2.77. The van der Waals surface area contributed by atoms with E-state index in [4.69, 9.17) is 4.74 Å². The fraction of sp³-hybridized carbons (Fsp3) is 0.429. The maximum absolute atomic E-state index is 11.8. The fourth-order valence-electron chi connectivity index (χ4n) is 1.39. The van der Waals surface area contributed by atoms with Crippen LogP contribution in [0.2, 0.25) is 0 Å². The molecule has 21 heavy (non-hydrogen) atoms. The van der Waals surface area contributed by atoms with Crippen molar-refractivity contribution in [1.82, 2.24) is 0 Å². The maximum atomic E-state index is 11.8. The van der Waals surface area contributed by atoms with E-state index in [-0.39, 0.29) is 29.4 Å². The van der Waals surface area contributed by atoms with Crippen LogP contribution in [-0.4, -0.2) is 30.4 Å². The Hall–Kier alpha value is -2.44. The molecule has 7 nitrogen and oxygen atoms in total. The maximum Gasteiger partial charge on any atom is 0.338 e. The Morgan fingerprint density at radius 3 is 2.38 bits per heavy atom. The highest BCUT2D eigenvalue weighted by Crippen LogP contribution is 2.29. The molecule has 0 radical (unpaired) electrons. The first kappa shape index (κ1) is 16.6. The Kier molecular flexibility index (Phi) is 5.02. The van der Waals surface area contributed by atoms with Crippen molar-refractivity contribution >= 4 is 17.4 Å². The predicted molar refractivity (Wildman–Crippen MR) is 74.4 cm³/mol. The number of hydrogen-bond acceptors (Lipinski definition) is 6. The summed E-state index contributed by atoms with van der Waals surface area (Å²) in [6, 6.07) is 3.68. The summed E-state index contributed by atoms with van der Waals surface area (Å²) in [4.78, 5) is 33.5. The van der Waals surface area contributed by atoms with Crippen molar-refractivity contribution in [3.63, 3.8) is 0 Å². The van der Waals surface area contributed by atoms with Crippen LogP contribution in [0.3, 0.4) is 0 Å².